The molecule has 1 aromatic heterocycles. The van der Waals surface area contributed by atoms with Gasteiger partial charge in [-0.1, -0.05) is 12.1 Å². The van der Waals surface area contributed by atoms with E-state index >= 15 is 0 Å². The number of rotatable bonds is 4. The molecule has 3 N–H and O–H groups in total. The lowest BCUT2D eigenvalue weighted by atomic mass is 10.2. The normalized spacial score (nSPS) is 10.2. The van der Waals surface area contributed by atoms with Crippen molar-refractivity contribution in [3.05, 3.63) is 47.8 Å². The van der Waals surface area contributed by atoms with Gasteiger partial charge in [0.05, 0.1) is 6.61 Å². The van der Waals surface area contributed by atoms with Crippen molar-refractivity contribution < 1.29 is 9.84 Å². The first-order chi connectivity index (χ1) is 8.31. The zero-order valence-corrected chi connectivity index (χ0v) is 9.21. The second-order valence-electron chi connectivity index (χ2n) is 3.49. The molecule has 0 bridgehead atoms. The lowest BCUT2D eigenvalue weighted by molar-refractivity contribution is 0.281. The Labute approximate surface area is 98.9 Å². The third-order valence-corrected chi connectivity index (χ3v) is 2.21. The third-order valence-electron chi connectivity index (χ3n) is 2.21. The molecular weight excluding hydrogens is 218 g/mol. The van der Waals surface area contributed by atoms with Crippen molar-refractivity contribution >= 4 is 0 Å². The van der Waals surface area contributed by atoms with Crippen LogP contribution in [0, 0.1) is 0 Å². The molecular formula is C12H13N3O2. The average molecular weight is 231 g/mol. The zero-order valence-electron chi connectivity index (χ0n) is 9.21. The first-order valence-corrected chi connectivity index (χ1v) is 5.20. The van der Waals surface area contributed by atoms with Crippen molar-refractivity contribution in [1.29, 1.82) is 0 Å². The van der Waals surface area contributed by atoms with Gasteiger partial charge in [-0.15, -0.1) is 0 Å². The highest BCUT2D eigenvalue weighted by molar-refractivity contribution is 5.30. The smallest absolute Gasteiger partial charge is 0.321 e. The minimum atomic E-state index is -0.0236. The minimum Gasteiger partial charge on any atom is -0.424 e. The van der Waals surface area contributed by atoms with Crippen molar-refractivity contribution in [3.63, 3.8) is 0 Å². The molecule has 0 amide bonds. The number of aliphatic hydroxyl groups is 1. The Morgan fingerprint density at radius 2 is 1.94 bits per heavy atom. The van der Waals surface area contributed by atoms with Crippen molar-refractivity contribution in [2.45, 2.75) is 13.2 Å². The Bertz CT molecular complexity index is 485. The quantitative estimate of drug-likeness (QED) is 0.826. The molecule has 0 fully saturated rings. The van der Waals surface area contributed by atoms with Gasteiger partial charge in [-0.25, -0.2) is 9.97 Å². The SMILES string of the molecule is NCc1cnc(Oc2cccc(CO)c2)nc1. The molecule has 88 valence electrons. The molecule has 0 aliphatic carbocycles. The van der Waals surface area contributed by atoms with Gasteiger partial charge in [0.1, 0.15) is 5.75 Å². The van der Waals surface area contributed by atoms with E-state index in [2.05, 4.69) is 9.97 Å². The third kappa shape index (κ3) is 2.99. The van der Waals surface area contributed by atoms with Crippen molar-refractivity contribution in [3.8, 4) is 11.8 Å². The van der Waals surface area contributed by atoms with Gasteiger partial charge in [-0.2, -0.15) is 0 Å². The van der Waals surface area contributed by atoms with Crippen LogP contribution in [0.25, 0.3) is 0 Å². The molecule has 0 unspecified atom stereocenters. The van der Waals surface area contributed by atoms with E-state index in [0.29, 0.717) is 12.3 Å². The summed E-state index contributed by atoms with van der Waals surface area (Å²) in [6.07, 6.45) is 3.25. The van der Waals surface area contributed by atoms with Gasteiger partial charge in [-0.05, 0) is 17.7 Å². The monoisotopic (exact) mass is 231 g/mol. The summed E-state index contributed by atoms with van der Waals surface area (Å²) in [6.45, 7) is 0.379. The maximum atomic E-state index is 9.00. The average Bonchev–Trinajstić information content (AvgIpc) is 2.40. The standard InChI is InChI=1S/C12H13N3O2/c13-5-10-6-14-12(15-7-10)17-11-3-1-2-9(4-11)8-16/h1-4,6-7,16H,5,8,13H2. The summed E-state index contributed by atoms with van der Waals surface area (Å²) in [5, 5.41) is 9.00. The van der Waals surface area contributed by atoms with Crippen molar-refractivity contribution in [2.24, 2.45) is 5.73 Å². The Hall–Kier alpha value is -1.98. The molecule has 5 nitrogen and oxygen atoms in total. The van der Waals surface area contributed by atoms with Crippen LogP contribution in [0.2, 0.25) is 0 Å². The number of benzene rings is 1. The number of ether oxygens (including phenoxy) is 1. The van der Waals surface area contributed by atoms with Crippen LogP contribution in [-0.2, 0) is 13.2 Å². The highest BCUT2D eigenvalue weighted by Gasteiger charge is 2.01. The van der Waals surface area contributed by atoms with Gasteiger partial charge in [0, 0.05) is 24.5 Å². The maximum absolute atomic E-state index is 9.00. The van der Waals surface area contributed by atoms with E-state index in [1.54, 1.807) is 30.6 Å². The number of aromatic nitrogens is 2. The highest BCUT2D eigenvalue weighted by Crippen LogP contribution is 2.18. The summed E-state index contributed by atoms with van der Waals surface area (Å²) in [5.41, 5.74) is 7.07. The highest BCUT2D eigenvalue weighted by atomic mass is 16.5. The Kier molecular flexibility index (Phi) is 3.64. The Morgan fingerprint density at radius 1 is 1.18 bits per heavy atom. The molecule has 0 atom stereocenters. The molecule has 0 aliphatic rings. The topological polar surface area (TPSA) is 81.3 Å². The van der Waals surface area contributed by atoms with Gasteiger partial charge in [0.2, 0.25) is 0 Å². The summed E-state index contributed by atoms with van der Waals surface area (Å²) in [7, 11) is 0. The molecule has 5 heteroatoms. The number of hydrogen-bond acceptors (Lipinski definition) is 5. The Morgan fingerprint density at radius 3 is 2.59 bits per heavy atom. The van der Waals surface area contributed by atoms with E-state index in [-0.39, 0.29) is 12.6 Å². The van der Waals surface area contributed by atoms with Crippen LogP contribution >= 0.6 is 0 Å². The fourth-order valence-corrected chi connectivity index (χ4v) is 1.31. The molecule has 17 heavy (non-hydrogen) atoms. The predicted molar refractivity (Wildman–Crippen MR) is 62.4 cm³/mol. The van der Waals surface area contributed by atoms with E-state index < -0.39 is 0 Å². The van der Waals surface area contributed by atoms with E-state index in [4.69, 9.17) is 15.6 Å². The van der Waals surface area contributed by atoms with Crippen LogP contribution in [0.4, 0.5) is 0 Å². The van der Waals surface area contributed by atoms with Crippen LogP contribution in [-0.4, -0.2) is 15.1 Å². The van der Waals surface area contributed by atoms with Gasteiger partial charge >= 0.3 is 6.01 Å². The van der Waals surface area contributed by atoms with E-state index in [1.165, 1.54) is 0 Å². The molecule has 2 aromatic rings. The minimum absolute atomic E-state index is 0.0236. The molecule has 1 aromatic carbocycles. The van der Waals surface area contributed by atoms with Crippen LogP contribution in [0.5, 0.6) is 11.8 Å². The fourth-order valence-electron chi connectivity index (χ4n) is 1.31. The van der Waals surface area contributed by atoms with Crippen molar-refractivity contribution in [1.82, 2.24) is 9.97 Å². The lowest BCUT2D eigenvalue weighted by Gasteiger charge is -2.05. The summed E-state index contributed by atoms with van der Waals surface area (Å²) in [4.78, 5) is 8.05. The lowest BCUT2D eigenvalue weighted by Crippen LogP contribution is -1.99. The number of aliphatic hydroxyl groups excluding tert-OH is 1. The summed E-state index contributed by atoms with van der Waals surface area (Å²) >= 11 is 0. The Balaban J connectivity index is 2.13. The fraction of sp³-hybridized carbons (Fsp3) is 0.167. The van der Waals surface area contributed by atoms with E-state index in [0.717, 1.165) is 11.1 Å². The molecule has 2 rings (SSSR count). The predicted octanol–water partition coefficient (Wildman–Crippen LogP) is 1.22. The zero-order chi connectivity index (χ0) is 12.1. The number of hydrogen-bond donors (Lipinski definition) is 2. The number of nitrogens with two attached hydrogens (primary N) is 1. The van der Waals surface area contributed by atoms with Crippen LogP contribution < -0.4 is 10.5 Å². The molecule has 0 radical (unpaired) electrons. The van der Waals surface area contributed by atoms with Gasteiger partial charge in [0.15, 0.2) is 0 Å². The largest absolute Gasteiger partial charge is 0.424 e. The molecule has 0 saturated carbocycles. The number of nitrogens with zero attached hydrogens (tertiary/aromatic N) is 2. The summed E-state index contributed by atoms with van der Waals surface area (Å²) in [6, 6.07) is 7.39. The van der Waals surface area contributed by atoms with Gasteiger partial charge in [-0.3, -0.25) is 0 Å². The summed E-state index contributed by atoms with van der Waals surface area (Å²) in [5.74, 6) is 0.594. The van der Waals surface area contributed by atoms with Gasteiger partial charge in [0.25, 0.3) is 0 Å². The first kappa shape index (κ1) is 11.5. The van der Waals surface area contributed by atoms with E-state index in [9.17, 15) is 0 Å². The second-order valence-corrected chi connectivity index (χ2v) is 3.49. The van der Waals surface area contributed by atoms with E-state index in [1.807, 2.05) is 6.07 Å². The molecule has 0 saturated heterocycles. The van der Waals surface area contributed by atoms with Crippen LogP contribution in [0.1, 0.15) is 11.1 Å². The molecule has 0 aliphatic heterocycles. The second kappa shape index (κ2) is 5.38. The van der Waals surface area contributed by atoms with Gasteiger partial charge < -0.3 is 15.6 Å². The molecule has 1 heterocycles. The summed E-state index contributed by atoms with van der Waals surface area (Å²) < 4.78 is 5.45. The maximum Gasteiger partial charge on any atom is 0.321 e. The first-order valence-electron chi connectivity index (χ1n) is 5.20. The van der Waals surface area contributed by atoms with Crippen molar-refractivity contribution in [2.75, 3.05) is 0 Å². The van der Waals surface area contributed by atoms with Crippen LogP contribution in [0.3, 0.4) is 0 Å². The van der Waals surface area contributed by atoms with Crippen LogP contribution in [0.15, 0.2) is 36.7 Å². The molecule has 0 spiro atoms.